The Morgan fingerprint density at radius 3 is 2.58 bits per heavy atom. The molecule has 8 heteroatoms. The topological polar surface area (TPSA) is 133 Å². The maximum Gasteiger partial charge on any atom is 0.337 e. The van der Waals surface area contributed by atoms with Crippen LogP contribution in [0.3, 0.4) is 0 Å². The van der Waals surface area contributed by atoms with Crippen molar-refractivity contribution >= 4 is 29.3 Å². The third-order valence-corrected chi connectivity index (χ3v) is 3.51. The van der Waals surface area contributed by atoms with Crippen LogP contribution in [0.25, 0.3) is 6.08 Å². The maximum atomic E-state index is 12.3. The number of carbonyl (C=O) groups is 2. The van der Waals surface area contributed by atoms with Crippen LogP contribution in [-0.4, -0.2) is 21.9 Å². The molecule has 8 nitrogen and oxygen atoms in total. The lowest BCUT2D eigenvalue weighted by Crippen LogP contribution is -2.16. The molecule has 130 valence electrons. The number of rotatable bonds is 5. The van der Waals surface area contributed by atoms with Gasteiger partial charge in [0.25, 0.3) is 11.6 Å². The fourth-order valence-corrected chi connectivity index (χ4v) is 2.20. The lowest BCUT2D eigenvalue weighted by Gasteiger charge is -2.07. The number of hydrogen-bond donors (Lipinski definition) is 2. The van der Waals surface area contributed by atoms with Gasteiger partial charge in [-0.15, -0.1) is 0 Å². The van der Waals surface area contributed by atoms with Gasteiger partial charge in [-0.3, -0.25) is 14.9 Å². The Hall–Kier alpha value is -3.99. The Morgan fingerprint density at radius 2 is 1.96 bits per heavy atom. The van der Waals surface area contributed by atoms with Crippen molar-refractivity contribution in [3.05, 3.63) is 74.8 Å². The fourth-order valence-electron chi connectivity index (χ4n) is 2.20. The molecule has 2 rings (SSSR count). The van der Waals surface area contributed by atoms with Gasteiger partial charge in [0.15, 0.2) is 0 Å². The molecule has 0 radical (unpaired) electrons. The molecular weight excluding hydrogens is 338 g/mol. The van der Waals surface area contributed by atoms with Crippen LogP contribution in [0.5, 0.6) is 0 Å². The first-order valence-corrected chi connectivity index (χ1v) is 7.34. The van der Waals surface area contributed by atoms with Gasteiger partial charge in [-0.2, -0.15) is 5.26 Å². The Bertz CT molecular complexity index is 973. The third kappa shape index (κ3) is 4.10. The van der Waals surface area contributed by atoms with E-state index < -0.39 is 16.8 Å². The van der Waals surface area contributed by atoms with Gasteiger partial charge < -0.3 is 10.4 Å². The number of carboxylic acid groups (broad SMARTS) is 1. The average Bonchev–Trinajstić information content (AvgIpc) is 2.60. The quantitative estimate of drug-likeness (QED) is 0.368. The summed E-state index contributed by atoms with van der Waals surface area (Å²) in [7, 11) is 0. The minimum absolute atomic E-state index is 0.0426. The van der Waals surface area contributed by atoms with E-state index in [-0.39, 0.29) is 22.5 Å². The normalized spacial score (nSPS) is 10.7. The monoisotopic (exact) mass is 351 g/mol. The van der Waals surface area contributed by atoms with Crippen molar-refractivity contribution in [1.82, 2.24) is 0 Å². The molecule has 2 N–H and O–H groups in total. The molecule has 0 aromatic heterocycles. The van der Waals surface area contributed by atoms with Crippen LogP contribution in [0.1, 0.15) is 21.5 Å². The predicted octanol–water partition coefficient (Wildman–Crippen LogP) is 3.15. The van der Waals surface area contributed by atoms with E-state index in [1.54, 1.807) is 19.1 Å². The molecule has 0 saturated carbocycles. The number of hydrogen-bond acceptors (Lipinski definition) is 5. The Kier molecular flexibility index (Phi) is 5.45. The standard InChI is InChI=1S/C18H13N3O5/c1-11-6-7-12(9-16(11)21(25)26)8-13(10-19)17(22)20-15-5-3-2-4-14(15)18(23)24/h2-9H,1H3,(H,20,22)(H,23,24)/b13-8+. The number of aryl methyl sites for hydroxylation is 1. The number of nitro groups is 1. The summed E-state index contributed by atoms with van der Waals surface area (Å²) in [6.45, 7) is 1.58. The minimum Gasteiger partial charge on any atom is -0.478 e. The Morgan fingerprint density at radius 1 is 1.27 bits per heavy atom. The lowest BCUT2D eigenvalue weighted by molar-refractivity contribution is -0.385. The number of nitriles is 1. The van der Waals surface area contributed by atoms with Gasteiger partial charge in [0.05, 0.1) is 16.2 Å². The van der Waals surface area contributed by atoms with Gasteiger partial charge in [0, 0.05) is 11.6 Å². The van der Waals surface area contributed by atoms with E-state index in [4.69, 9.17) is 5.11 Å². The largest absolute Gasteiger partial charge is 0.478 e. The second kappa shape index (κ2) is 7.72. The summed E-state index contributed by atoms with van der Waals surface area (Å²) >= 11 is 0. The first-order valence-electron chi connectivity index (χ1n) is 7.34. The van der Waals surface area contributed by atoms with E-state index in [1.165, 1.54) is 42.5 Å². The number of nitrogens with one attached hydrogen (secondary N) is 1. The lowest BCUT2D eigenvalue weighted by atomic mass is 10.1. The smallest absolute Gasteiger partial charge is 0.337 e. The molecule has 0 spiro atoms. The molecule has 0 fully saturated rings. The first-order chi connectivity index (χ1) is 12.3. The van der Waals surface area contributed by atoms with Crippen LogP contribution in [0.2, 0.25) is 0 Å². The van der Waals surface area contributed by atoms with Crippen molar-refractivity contribution in [2.45, 2.75) is 6.92 Å². The van der Waals surface area contributed by atoms with Crippen LogP contribution in [0, 0.1) is 28.4 Å². The van der Waals surface area contributed by atoms with Crippen LogP contribution >= 0.6 is 0 Å². The molecule has 0 aliphatic rings. The molecule has 2 aromatic rings. The van der Waals surface area contributed by atoms with E-state index in [0.717, 1.165) is 0 Å². The van der Waals surface area contributed by atoms with Crippen molar-refractivity contribution in [1.29, 1.82) is 5.26 Å². The van der Waals surface area contributed by atoms with E-state index in [1.807, 2.05) is 0 Å². The summed E-state index contributed by atoms with van der Waals surface area (Å²) in [5.41, 5.74) is 0.229. The van der Waals surface area contributed by atoms with Crippen molar-refractivity contribution in [2.24, 2.45) is 0 Å². The zero-order valence-electron chi connectivity index (χ0n) is 13.6. The number of nitro benzene ring substituents is 1. The molecule has 0 unspecified atom stereocenters. The molecule has 26 heavy (non-hydrogen) atoms. The number of nitrogens with zero attached hydrogens (tertiary/aromatic N) is 2. The minimum atomic E-state index is -1.22. The van der Waals surface area contributed by atoms with Crippen LogP contribution in [0.4, 0.5) is 11.4 Å². The molecule has 2 aromatic carbocycles. The van der Waals surface area contributed by atoms with Crippen molar-refractivity contribution in [3.63, 3.8) is 0 Å². The van der Waals surface area contributed by atoms with Gasteiger partial charge in [-0.1, -0.05) is 24.3 Å². The van der Waals surface area contributed by atoms with Gasteiger partial charge in [0.2, 0.25) is 0 Å². The fraction of sp³-hybridized carbons (Fsp3) is 0.0556. The highest BCUT2D eigenvalue weighted by atomic mass is 16.6. The van der Waals surface area contributed by atoms with E-state index in [9.17, 15) is 25.0 Å². The van der Waals surface area contributed by atoms with Crippen LogP contribution in [0.15, 0.2) is 48.0 Å². The number of aromatic carboxylic acids is 1. The molecule has 0 aliphatic heterocycles. The molecule has 0 bridgehead atoms. The second-order valence-corrected chi connectivity index (χ2v) is 5.28. The van der Waals surface area contributed by atoms with E-state index in [0.29, 0.717) is 11.1 Å². The van der Waals surface area contributed by atoms with Gasteiger partial charge in [-0.05, 0) is 30.7 Å². The second-order valence-electron chi connectivity index (χ2n) is 5.28. The highest BCUT2D eigenvalue weighted by molar-refractivity contribution is 6.11. The molecule has 0 aliphatic carbocycles. The number of carboxylic acids is 1. The molecule has 0 saturated heterocycles. The van der Waals surface area contributed by atoms with Gasteiger partial charge >= 0.3 is 5.97 Å². The molecular formula is C18H13N3O5. The van der Waals surface area contributed by atoms with Crippen LogP contribution < -0.4 is 5.32 Å². The van der Waals surface area contributed by atoms with Crippen molar-refractivity contribution < 1.29 is 19.6 Å². The SMILES string of the molecule is Cc1ccc(/C=C(\C#N)C(=O)Nc2ccccc2C(=O)O)cc1[N+](=O)[O-]. The Labute approximate surface area is 148 Å². The highest BCUT2D eigenvalue weighted by Crippen LogP contribution is 2.21. The Balaban J connectivity index is 2.34. The summed E-state index contributed by atoms with van der Waals surface area (Å²) in [5, 5.41) is 31.7. The number of amides is 1. The maximum absolute atomic E-state index is 12.3. The van der Waals surface area contributed by atoms with Crippen LogP contribution in [-0.2, 0) is 4.79 Å². The zero-order valence-corrected chi connectivity index (χ0v) is 13.6. The first kappa shape index (κ1) is 18.4. The number of carbonyl (C=O) groups excluding carboxylic acids is 1. The van der Waals surface area contributed by atoms with E-state index in [2.05, 4.69) is 5.32 Å². The number of benzene rings is 2. The van der Waals surface area contributed by atoms with Gasteiger partial charge in [0.1, 0.15) is 11.6 Å². The zero-order chi connectivity index (χ0) is 19.3. The van der Waals surface area contributed by atoms with Crippen molar-refractivity contribution in [3.8, 4) is 6.07 Å². The molecule has 1 amide bonds. The summed E-state index contributed by atoms with van der Waals surface area (Å²) in [4.78, 5) is 33.9. The highest BCUT2D eigenvalue weighted by Gasteiger charge is 2.16. The summed E-state index contributed by atoms with van der Waals surface area (Å²) < 4.78 is 0. The van der Waals surface area contributed by atoms with Crippen molar-refractivity contribution in [2.75, 3.05) is 5.32 Å². The number of para-hydroxylation sites is 1. The predicted molar refractivity (Wildman–Crippen MR) is 93.5 cm³/mol. The number of anilines is 1. The molecule has 0 atom stereocenters. The van der Waals surface area contributed by atoms with Gasteiger partial charge in [-0.25, -0.2) is 4.79 Å². The van der Waals surface area contributed by atoms with E-state index >= 15 is 0 Å². The average molecular weight is 351 g/mol. The summed E-state index contributed by atoms with van der Waals surface area (Å²) in [6, 6.07) is 11.8. The molecule has 0 heterocycles. The summed E-state index contributed by atoms with van der Waals surface area (Å²) in [6.07, 6.45) is 1.20. The summed E-state index contributed by atoms with van der Waals surface area (Å²) in [5.74, 6) is -2.04. The third-order valence-electron chi connectivity index (χ3n) is 3.51.